The van der Waals surface area contributed by atoms with E-state index in [4.69, 9.17) is 4.74 Å². The maximum Gasteiger partial charge on any atom is 0.337 e. The average molecular weight is 339 g/mol. The summed E-state index contributed by atoms with van der Waals surface area (Å²) in [5.74, 6) is -0.325. The summed E-state index contributed by atoms with van der Waals surface area (Å²) < 4.78 is 6.78. The first-order chi connectivity index (χ1) is 11.8. The standard InChI is InChI=1S/C18H17N3O2S/c1-23-18(22)14-4-6-16(7-5-14)24-17(12-21-10-9-20-13-21)15-3-2-8-19-11-15/h2-11,13,17H,12H2,1H3. The third kappa shape index (κ3) is 4.02. The van der Waals surface area contributed by atoms with Crippen LogP contribution in [0, 0.1) is 0 Å². The van der Waals surface area contributed by atoms with E-state index >= 15 is 0 Å². The predicted molar refractivity (Wildman–Crippen MR) is 92.8 cm³/mol. The van der Waals surface area contributed by atoms with Crippen LogP contribution in [-0.2, 0) is 11.3 Å². The maximum atomic E-state index is 11.5. The number of ether oxygens (including phenoxy) is 1. The van der Waals surface area contributed by atoms with Crippen LogP contribution in [0.15, 0.2) is 72.4 Å². The number of imidazole rings is 1. The smallest absolute Gasteiger partial charge is 0.337 e. The third-order valence-corrected chi connectivity index (χ3v) is 4.80. The van der Waals surface area contributed by atoms with Gasteiger partial charge in [0.2, 0.25) is 0 Å². The number of aromatic nitrogens is 3. The molecule has 1 unspecified atom stereocenters. The fourth-order valence-electron chi connectivity index (χ4n) is 2.32. The minimum atomic E-state index is -0.325. The number of methoxy groups -OCH3 is 1. The zero-order chi connectivity index (χ0) is 16.8. The van der Waals surface area contributed by atoms with Gasteiger partial charge in [0, 0.05) is 36.2 Å². The lowest BCUT2D eigenvalue weighted by molar-refractivity contribution is 0.0600. The Morgan fingerprint density at radius 2 is 2.04 bits per heavy atom. The number of thioether (sulfide) groups is 1. The quantitative estimate of drug-likeness (QED) is 0.507. The molecule has 0 aliphatic carbocycles. The van der Waals surface area contributed by atoms with Crippen molar-refractivity contribution in [2.24, 2.45) is 0 Å². The first kappa shape index (κ1) is 16.3. The summed E-state index contributed by atoms with van der Waals surface area (Å²) in [5, 5.41) is 0.192. The summed E-state index contributed by atoms with van der Waals surface area (Å²) in [5.41, 5.74) is 1.70. The van der Waals surface area contributed by atoms with Crippen molar-refractivity contribution in [2.45, 2.75) is 16.7 Å². The molecule has 1 atom stereocenters. The molecule has 0 saturated carbocycles. The molecule has 0 radical (unpaired) electrons. The van der Waals surface area contributed by atoms with Crippen molar-refractivity contribution in [2.75, 3.05) is 7.11 Å². The van der Waals surface area contributed by atoms with Crippen LogP contribution in [0.25, 0.3) is 0 Å². The molecule has 6 heteroatoms. The second kappa shape index (κ2) is 7.79. The molecule has 3 rings (SSSR count). The second-order valence-electron chi connectivity index (χ2n) is 5.17. The van der Waals surface area contributed by atoms with Gasteiger partial charge in [0.15, 0.2) is 0 Å². The van der Waals surface area contributed by atoms with Gasteiger partial charge in [-0.05, 0) is 35.9 Å². The number of nitrogens with zero attached hydrogens (tertiary/aromatic N) is 3. The highest BCUT2D eigenvalue weighted by molar-refractivity contribution is 7.99. The van der Waals surface area contributed by atoms with Crippen LogP contribution in [0.4, 0.5) is 0 Å². The van der Waals surface area contributed by atoms with Gasteiger partial charge in [0.1, 0.15) is 0 Å². The van der Waals surface area contributed by atoms with E-state index in [9.17, 15) is 4.79 Å². The normalized spacial score (nSPS) is 11.9. The van der Waals surface area contributed by atoms with Crippen LogP contribution in [0.3, 0.4) is 0 Å². The predicted octanol–water partition coefficient (Wildman–Crippen LogP) is 3.60. The molecule has 0 bridgehead atoms. The lowest BCUT2D eigenvalue weighted by Crippen LogP contribution is -2.05. The minimum absolute atomic E-state index is 0.192. The van der Waals surface area contributed by atoms with Crippen LogP contribution in [-0.4, -0.2) is 27.6 Å². The molecule has 0 aliphatic heterocycles. The maximum absolute atomic E-state index is 11.5. The molecule has 0 aliphatic rings. The molecule has 3 aromatic rings. The van der Waals surface area contributed by atoms with E-state index in [1.54, 1.807) is 36.3 Å². The zero-order valence-electron chi connectivity index (χ0n) is 13.2. The van der Waals surface area contributed by atoms with E-state index in [1.165, 1.54) is 7.11 Å². The number of pyridine rings is 1. The Kier molecular flexibility index (Phi) is 5.28. The van der Waals surface area contributed by atoms with Crippen molar-refractivity contribution >= 4 is 17.7 Å². The van der Waals surface area contributed by atoms with Gasteiger partial charge in [0.05, 0.1) is 24.3 Å². The fourth-order valence-corrected chi connectivity index (χ4v) is 3.46. The number of carbonyl (C=O) groups excluding carboxylic acids is 1. The highest BCUT2D eigenvalue weighted by Gasteiger charge is 2.15. The highest BCUT2D eigenvalue weighted by atomic mass is 32.2. The van der Waals surface area contributed by atoms with E-state index in [0.29, 0.717) is 5.56 Å². The first-order valence-electron chi connectivity index (χ1n) is 7.47. The van der Waals surface area contributed by atoms with E-state index < -0.39 is 0 Å². The lowest BCUT2D eigenvalue weighted by Gasteiger charge is -2.17. The fraction of sp³-hybridized carbons (Fsp3) is 0.167. The Labute approximate surface area is 144 Å². The van der Waals surface area contributed by atoms with Gasteiger partial charge in [-0.2, -0.15) is 0 Å². The Hall–Kier alpha value is -2.60. The summed E-state index contributed by atoms with van der Waals surface area (Å²) in [6.07, 6.45) is 9.19. The summed E-state index contributed by atoms with van der Waals surface area (Å²) in [7, 11) is 1.38. The molecule has 0 saturated heterocycles. The number of hydrogen-bond donors (Lipinski definition) is 0. The SMILES string of the molecule is COC(=O)c1ccc(SC(Cn2ccnc2)c2cccnc2)cc1. The van der Waals surface area contributed by atoms with Gasteiger partial charge in [-0.3, -0.25) is 4.98 Å². The van der Waals surface area contributed by atoms with Crippen LogP contribution < -0.4 is 0 Å². The monoisotopic (exact) mass is 339 g/mol. The van der Waals surface area contributed by atoms with Gasteiger partial charge in [0.25, 0.3) is 0 Å². The van der Waals surface area contributed by atoms with Crippen LogP contribution in [0.2, 0.25) is 0 Å². The van der Waals surface area contributed by atoms with Gasteiger partial charge in [-0.15, -0.1) is 11.8 Å². The molecule has 5 nitrogen and oxygen atoms in total. The molecule has 1 aromatic carbocycles. The number of benzene rings is 1. The summed E-state index contributed by atoms with van der Waals surface area (Å²) in [6.45, 7) is 0.787. The van der Waals surface area contributed by atoms with Crippen molar-refractivity contribution in [3.05, 3.63) is 78.6 Å². The first-order valence-corrected chi connectivity index (χ1v) is 8.35. The number of carbonyl (C=O) groups is 1. The molecule has 24 heavy (non-hydrogen) atoms. The van der Waals surface area contributed by atoms with E-state index in [1.807, 2.05) is 41.5 Å². The van der Waals surface area contributed by atoms with Gasteiger partial charge >= 0.3 is 5.97 Å². The van der Waals surface area contributed by atoms with Crippen LogP contribution >= 0.6 is 11.8 Å². The Balaban J connectivity index is 1.80. The average Bonchev–Trinajstić information content (AvgIpc) is 3.15. The Morgan fingerprint density at radius 3 is 2.67 bits per heavy atom. The largest absolute Gasteiger partial charge is 0.465 e. The van der Waals surface area contributed by atoms with Crippen LogP contribution in [0.1, 0.15) is 21.2 Å². The van der Waals surface area contributed by atoms with E-state index in [2.05, 4.69) is 16.0 Å². The van der Waals surface area contributed by atoms with Crippen molar-refractivity contribution in [3.63, 3.8) is 0 Å². The summed E-state index contributed by atoms with van der Waals surface area (Å²) >= 11 is 1.73. The van der Waals surface area contributed by atoms with E-state index in [-0.39, 0.29) is 11.2 Å². The molecule has 2 aromatic heterocycles. The Bertz CT molecular complexity index is 774. The summed E-state index contributed by atoms with van der Waals surface area (Å²) in [4.78, 5) is 20.9. The van der Waals surface area contributed by atoms with Gasteiger partial charge < -0.3 is 9.30 Å². The molecule has 0 N–H and O–H groups in total. The van der Waals surface area contributed by atoms with Crippen molar-refractivity contribution < 1.29 is 9.53 Å². The molecule has 0 spiro atoms. The number of rotatable bonds is 6. The Morgan fingerprint density at radius 1 is 1.21 bits per heavy atom. The van der Waals surface area contributed by atoms with E-state index in [0.717, 1.165) is 17.0 Å². The van der Waals surface area contributed by atoms with Gasteiger partial charge in [-0.1, -0.05) is 6.07 Å². The third-order valence-electron chi connectivity index (χ3n) is 3.55. The highest BCUT2D eigenvalue weighted by Crippen LogP contribution is 2.36. The van der Waals surface area contributed by atoms with Crippen molar-refractivity contribution in [1.29, 1.82) is 0 Å². The molecular weight excluding hydrogens is 322 g/mol. The van der Waals surface area contributed by atoms with Crippen molar-refractivity contribution in [3.8, 4) is 0 Å². The molecule has 122 valence electrons. The minimum Gasteiger partial charge on any atom is -0.465 e. The topological polar surface area (TPSA) is 57.0 Å². The zero-order valence-corrected chi connectivity index (χ0v) is 14.0. The van der Waals surface area contributed by atoms with Crippen molar-refractivity contribution in [1.82, 2.24) is 14.5 Å². The molecule has 0 amide bonds. The molecule has 0 fully saturated rings. The molecular formula is C18H17N3O2S. The second-order valence-corrected chi connectivity index (χ2v) is 6.44. The summed E-state index contributed by atoms with van der Waals surface area (Å²) in [6, 6.07) is 11.5. The number of hydrogen-bond acceptors (Lipinski definition) is 5. The van der Waals surface area contributed by atoms with Gasteiger partial charge in [-0.25, -0.2) is 9.78 Å². The van der Waals surface area contributed by atoms with Crippen LogP contribution in [0.5, 0.6) is 0 Å². The lowest BCUT2D eigenvalue weighted by atomic mass is 10.2. The number of esters is 1. The molecule has 2 heterocycles.